The number of halogens is 2. The Morgan fingerprint density at radius 1 is 1.09 bits per heavy atom. The van der Waals surface area contributed by atoms with Gasteiger partial charge in [-0.1, -0.05) is 41.4 Å². The normalized spacial score (nSPS) is 11.4. The molecule has 34 heavy (non-hydrogen) atoms. The van der Waals surface area contributed by atoms with Crippen molar-refractivity contribution in [1.29, 1.82) is 5.26 Å². The lowest BCUT2D eigenvalue weighted by atomic mass is 10.1. The third-order valence-electron chi connectivity index (χ3n) is 5.59. The van der Waals surface area contributed by atoms with Crippen LogP contribution in [0.4, 0.5) is 5.69 Å². The van der Waals surface area contributed by atoms with Gasteiger partial charge in [-0.25, -0.2) is 4.98 Å². The number of H-pyrrole nitrogens is 1. The molecule has 0 aliphatic heterocycles. The number of imidazole rings is 1. The Morgan fingerprint density at radius 3 is 2.59 bits per heavy atom. The van der Waals surface area contributed by atoms with Crippen LogP contribution >= 0.6 is 23.2 Å². The molecule has 1 heterocycles. The second-order valence-corrected chi connectivity index (χ2v) is 8.53. The molecule has 0 bridgehead atoms. The van der Waals surface area contributed by atoms with Crippen LogP contribution in [0.25, 0.3) is 22.7 Å². The van der Waals surface area contributed by atoms with Gasteiger partial charge in [-0.3, -0.25) is 0 Å². The minimum absolute atomic E-state index is 0.269. The van der Waals surface area contributed by atoms with Gasteiger partial charge in [0.2, 0.25) is 0 Å². The second-order valence-electron chi connectivity index (χ2n) is 7.69. The van der Waals surface area contributed by atoms with E-state index in [-0.39, 0.29) is 6.61 Å². The summed E-state index contributed by atoms with van der Waals surface area (Å²) in [6.07, 6.45) is 1.79. The standard InChI is InChI=1S/C27H24Cl2N4O/c1-3-33(4-2)22-12-10-18(26(15-22)34-17-19-9-11-21(28)14-23(19)29)13-20(16-30)27-31-24-7-5-6-8-25(24)32-27/h5-15H,3-4,17H2,1-2H3,(H,31,32). The molecule has 0 fully saturated rings. The summed E-state index contributed by atoms with van der Waals surface area (Å²) in [5, 5.41) is 11.0. The van der Waals surface area contributed by atoms with E-state index in [9.17, 15) is 5.26 Å². The topological polar surface area (TPSA) is 64.9 Å². The van der Waals surface area contributed by atoms with Crippen LogP contribution in [0.5, 0.6) is 5.75 Å². The van der Waals surface area contributed by atoms with E-state index in [0.717, 1.165) is 40.9 Å². The van der Waals surface area contributed by atoms with Gasteiger partial charge in [-0.2, -0.15) is 5.26 Å². The van der Waals surface area contributed by atoms with Gasteiger partial charge >= 0.3 is 0 Å². The Bertz CT molecular complexity index is 1350. The Balaban J connectivity index is 1.73. The predicted octanol–water partition coefficient (Wildman–Crippen LogP) is 7.36. The molecule has 4 rings (SSSR count). The van der Waals surface area contributed by atoms with Gasteiger partial charge in [0.25, 0.3) is 0 Å². The number of nitrogens with one attached hydrogen (secondary N) is 1. The van der Waals surface area contributed by atoms with Crippen molar-refractivity contribution in [2.75, 3.05) is 18.0 Å². The first-order chi connectivity index (χ1) is 16.5. The largest absolute Gasteiger partial charge is 0.488 e. The lowest BCUT2D eigenvalue weighted by molar-refractivity contribution is 0.305. The van der Waals surface area contributed by atoms with Crippen LogP contribution in [0.2, 0.25) is 10.0 Å². The van der Waals surface area contributed by atoms with Gasteiger partial charge in [0.15, 0.2) is 0 Å². The van der Waals surface area contributed by atoms with Crippen molar-refractivity contribution in [2.24, 2.45) is 0 Å². The van der Waals surface area contributed by atoms with Crippen LogP contribution < -0.4 is 9.64 Å². The highest BCUT2D eigenvalue weighted by molar-refractivity contribution is 6.35. The summed E-state index contributed by atoms with van der Waals surface area (Å²) >= 11 is 12.4. The molecule has 0 radical (unpaired) electrons. The summed E-state index contributed by atoms with van der Waals surface area (Å²) in [4.78, 5) is 10.0. The number of allylic oxidation sites excluding steroid dienone is 1. The highest BCUT2D eigenvalue weighted by Crippen LogP contribution is 2.31. The first-order valence-electron chi connectivity index (χ1n) is 11.0. The number of ether oxygens (including phenoxy) is 1. The van der Waals surface area contributed by atoms with Crippen molar-refractivity contribution in [2.45, 2.75) is 20.5 Å². The quantitative estimate of drug-likeness (QED) is 0.262. The Labute approximate surface area is 209 Å². The van der Waals surface area contributed by atoms with Crippen molar-refractivity contribution in [3.63, 3.8) is 0 Å². The van der Waals surface area contributed by atoms with Crippen molar-refractivity contribution >= 4 is 51.6 Å². The van der Waals surface area contributed by atoms with Crippen LogP contribution in [0, 0.1) is 11.3 Å². The number of para-hydroxylation sites is 2. The second kappa shape index (κ2) is 10.6. The van der Waals surface area contributed by atoms with Gasteiger partial charge in [0.05, 0.1) is 16.6 Å². The van der Waals surface area contributed by atoms with Gasteiger partial charge in [0, 0.05) is 46.0 Å². The maximum absolute atomic E-state index is 9.89. The molecule has 3 aromatic carbocycles. The molecule has 0 saturated carbocycles. The van der Waals surface area contributed by atoms with E-state index >= 15 is 0 Å². The molecule has 0 saturated heterocycles. The fourth-order valence-electron chi connectivity index (χ4n) is 3.74. The third-order valence-corrected chi connectivity index (χ3v) is 6.18. The summed E-state index contributed by atoms with van der Waals surface area (Å²) in [5.74, 6) is 1.17. The summed E-state index contributed by atoms with van der Waals surface area (Å²) < 4.78 is 6.23. The molecule has 1 aromatic heterocycles. The number of aromatic nitrogens is 2. The zero-order valence-electron chi connectivity index (χ0n) is 19.0. The van der Waals surface area contributed by atoms with Gasteiger partial charge in [-0.05, 0) is 56.3 Å². The van der Waals surface area contributed by atoms with Crippen molar-refractivity contribution in [3.05, 3.63) is 87.7 Å². The fourth-order valence-corrected chi connectivity index (χ4v) is 4.20. The molecule has 0 spiro atoms. The number of hydrogen-bond donors (Lipinski definition) is 1. The molecular formula is C27H24Cl2N4O. The van der Waals surface area contributed by atoms with E-state index in [0.29, 0.717) is 27.2 Å². The number of fused-ring (bicyclic) bond motifs is 1. The van der Waals surface area contributed by atoms with Crippen molar-refractivity contribution < 1.29 is 4.74 Å². The molecule has 0 unspecified atom stereocenters. The molecule has 0 aliphatic rings. The molecule has 5 nitrogen and oxygen atoms in total. The number of rotatable bonds is 8. The Hall–Kier alpha value is -3.46. The van der Waals surface area contributed by atoms with E-state index in [4.69, 9.17) is 27.9 Å². The van der Waals surface area contributed by atoms with Gasteiger partial charge in [-0.15, -0.1) is 0 Å². The minimum atomic E-state index is 0.269. The van der Waals surface area contributed by atoms with E-state index in [1.807, 2.05) is 48.5 Å². The van der Waals surface area contributed by atoms with E-state index in [2.05, 4.69) is 34.8 Å². The van der Waals surface area contributed by atoms with Gasteiger partial charge < -0.3 is 14.6 Å². The molecule has 172 valence electrons. The summed E-state index contributed by atoms with van der Waals surface area (Å²) in [6, 6.07) is 21.3. The van der Waals surface area contributed by atoms with Crippen molar-refractivity contribution in [1.82, 2.24) is 9.97 Å². The number of aromatic amines is 1. The van der Waals surface area contributed by atoms with Crippen LogP contribution in [-0.2, 0) is 6.61 Å². The van der Waals surface area contributed by atoms with E-state index in [1.54, 1.807) is 18.2 Å². The molecule has 0 aliphatic carbocycles. The first kappa shape index (κ1) is 23.7. The smallest absolute Gasteiger partial charge is 0.149 e. The van der Waals surface area contributed by atoms with Crippen LogP contribution in [0.15, 0.2) is 60.7 Å². The Morgan fingerprint density at radius 2 is 1.88 bits per heavy atom. The lowest BCUT2D eigenvalue weighted by Gasteiger charge is -2.22. The molecule has 1 N–H and O–H groups in total. The lowest BCUT2D eigenvalue weighted by Crippen LogP contribution is -2.21. The van der Waals surface area contributed by atoms with Crippen LogP contribution in [0.3, 0.4) is 0 Å². The number of nitrogens with zero attached hydrogens (tertiary/aromatic N) is 3. The zero-order valence-corrected chi connectivity index (χ0v) is 20.5. The van der Waals surface area contributed by atoms with E-state index in [1.165, 1.54) is 0 Å². The maximum atomic E-state index is 9.89. The average Bonchev–Trinajstić information content (AvgIpc) is 3.27. The SMILES string of the molecule is CCN(CC)c1ccc(C=C(C#N)c2nc3ccccc3[nH]2)c(OCc2ccc(Cl)cc2Cl)c1. The molecule has 0 amide bonds. The monoisotopic (exact) mass is 490 g/mol. The fraction of sp³-hybridized carbons (Fsp3) is 0.185. The highest BCUT2D eigenvalue weighted by atomic mass is 35.5. The van der Waals surface area contributed by atoms with Crippen LogP contribution in [-0.4, -0.2) is 23.1 Å². The summed E-state index contributed by atoms with van der Waals surface area (Å²) in [7, 11) is 0. The number of benzene rings is 3. The molecular weight excluding hydrogens is 467 g/mol. The highest BCUT2D eigenvalue weighted by Gasteiger charge is 2.13. The van der Waals surface area contributed by atoms with E-state index < -0.39 is 0 Å². The average molecular weight is 491 g/mol. The minimum Gasteiger partial charge on any atom is -0.488 e. The summed E-state index contributed by atoms with van der Waals surface area (Å²) in [5.41, 5.74) is 4.75. The molecule has 7 heteroatoms. The van der Waals surface area contributed by atoms with Crippen LogP contribution in [0.1, 0.15) is 30.8 Å². The predicted molar refractivity (Wildman–Crippen MR) is 140 cm³/mol. The summed E-state index contributed by atoms with van der Waals surface area (Å²) in [6.45, 7) is 6.24. The van der Waals surface area contributed by atoms with Gasteiger partial charge in [0.1, 0.15) is 24.3 Å². The first-order valence-corrected chi connectivity index (χ1v) is 11.8. The number of nitriles is 1. The Kier molecular flexibility index (Phi) is 7.42. The maximum Gasteiger partial charge on any atom is 0.149 e. The zero-order chi connectivity index (χ0) is 24.1. The number of hydrogen-bond acceptors (Lipinski definition) is 4. The van der Waals surface area contributed by atoms with Crippen molar-refractivity contribution in [3.8, 4) is 11.8 Å². The third kappa shape index (κ3) is 5.20. The molecule has 0 atom stereocenters. The number of anilines is 1. The molecule has 4 aromatic rings.